The normalized spacial score (nSPS) is 20.2. The number of hydrogen-bond acceptors (Lipinski definition) is 8. The van der Waals surface area contributed by atoms with Gasteiger partial charge in [-0.2, -0.15) is 10.5 Å². The van der Waals surface area contributed by atoms with Crippen LogP contribution in [0, 0.1) is 48.3 Å². The predicted octanol–water partition coefficient (Wildman–Crippen LogP) is 8.24. The Morgan fingerprint density at radius 1 is 0.609 bits per heavy atom. The molecule has 3 N–H and O–H groups in total. The topological polar surface area (TPSA) is 176 Å². The van der Waals surface area contributed by atoms with Crippen molar-refractivity contribution in [2.45, 2.75) is 89.6 Å². The first kappa shape index (κ1) is 45.7. The first-order chi connectivity index (χ1) is 31.0. The third-order valence-electron chi connectivity index (χ3n) is 13.4. The molecular formula is C52H58N6O6. The van der Waals surface area contributed by atoms with Gasteiger partial charge in [0.1, 0.15) is 0 Å². The van der Waals surface area contributed by atoms with E-state index in [1.165, 1.54) is 11.1 Å². The van der Waals surface area contributed by atoms with E-state index in [0.29, 0.717) is 97.7 Å². The fourth-order valence-corrected chi connectivity index (χ4v) is 9.25. The molecule has 12 nitrogen and oxygen atoms in total. The molecule has 332 valence electrons. The van der Waals surface area contributed by atoms with E-state index in [1.807, 2.05) is 96.4 Å². The highest BCUT2D eigenvalue weighted by molar-refractivity contribution is 5.99. The first-order valence-electron chi connectivity index (χ1n) is 22.7. The Balaban J connectivity index is 0.000000192. The van der Waals surface area contributed by atoms with Crippen LogP contribution in [0.3, 0.4) is 0 Å². The standard InChI is InChI=1S/C27H31N3O3.C25H27N3O3/c1-18-6-9-22(16-24(18)29-26(32)23-4-2-3-5-25(23)31)27(33)30-14-12-21(13-15-30)20-10-7-19(17-28)8-11-20;1-17-2-5-21(14-23(17)27-24(29)22-10-13-31-16-22)25(30)28-11-8-20(9-12-28)19-6-3-18(15-26)4-7-19/h6-11,16,21,23,25,31H,2-5,12-15H2,1H3,(H,29,32);2-7,14,20,22H,8-13,16H2,1H3,(H,27,29). The second-order valence-corrected chi connectivity index (χ2v) is 17.7. The molecule has 4 aliphatic rings. The van der Waals surface area contributed by atoms with E-state index < -0.39 is 12.0 Å². The lowest BCUT2D eigenvalue weighted by Crippen LogP contribution is -2.38. The molecule has 3 atom stereocenters. The number of nitrogens with zero attached hydrogens (tertiary/aromatic N) is 4. The zero-order chi connectivity index (χ0) is 45.2. The van der Waals surface area contributed by atoms with E-state index >= 15 is 0 Å². The molecule has 3 aliphatic heterocycles. The monoisotopic (exact) mass is 862 g/mol. The number of hydrogen-bond donors (Lipinski definition) is 3. The van der Waals surface area contributed by atoms with Crippen molar-refractivity contribution in [1.82, 2.24) is 9.80 Å². The third-order valence-corrected chi connectivity index (χ3v) is 13.4. The van der Waals surface area contributed by atoms with Crippen LogP contribution in [0.2, 0.25) is 0 Å². The highest BCUT2D eigenvalue weighted by Gasteiger charge is 2.31. The Morgan fingerprint density at radius 3 is 1.48 bits per heavy atom. The first-order valence-corrected chi connectivity index (χ1v) is 22.7. The lowest BCUT2D eigenvalue weighted by molar-refractivity contribution is -0.124. The van der Waals surface area contributed by atoms with Crippen molar-refractivity contribution < 1.29 is 29.0 Å². The summed E-state index contributed by atoms with van der Waals surface area (Å²) in [6, 6.07) is 30.7. The average Bonchev–Trinajstić information content (AvgIpc) is 3.89. The number of aryl methyl sites for hydroxylation is 2. The van der Waals surface area contributed by atoms with E-state index in [4.69, 9.17) is 15.3 Å². The Kier molecular flexibility index (Phi) is 15.2. The summed E-state index contributed by atoms with van der Waals surface area (Å²) in [6.07, 6.45) is 6.95. The van der Waals surface area contributed by atoms with E-state index in [0.717, 1.165) is 56.1 Å². The van der Waals surface area contributed by atoms with Gasteiger partial charge >= 0.3 is 0 Å². The molecule has 4 aromatic carbocycles. The van der Waals surface area contributed by atoms with Crippen molar-refractivity contribution in [2.75, 3.05) is 50.0 Å². The number of aliphatic hydroxyl groups excluding tert-OH is 1. The number of amides is 4. The van der Waals surface area contributed by atoms with Gasteiger partial charge < -0.3 is 30.3 Å². The molecule has 3 heterocycles. The predicted molar refractivity (Wildman–Crippen MR) is 245 cm³/mol. The number of ether oxygens (including phenoxy) is 1. The van der Waals surface area contributed by atoms with Crippen LogP contribution in [-0.2, 0) is 14.3 Å². The maximum Gasteiger partial charge on any atom is 0.253 e. The number of piperidine rings is 2. The molecule has 3 unspecified atom stereocenters. The highest BCUT2D eigenvalue weighted by atomic mass is 16.5. The number of aliphatic hydroxyl groups is 1. The van der Waals surface area contributed by atoms with Crippen molar-refractivity contribution >= 4 is 35.0 Å². The van der Waals surface area contributed by atoms with Crippen LogP contribution in [-0.4, -0.2) is 84.0 Å². The number of nitrogens with one attached hydrogen (secondary N) is 2. The maximum atomic E-state index is 13.2. The molecule has 12 heteroatoms. The van der Waals surface area contributed by atoms with Gasteiger partial charge in [0, 0.05) is 55.3 Å². The highest BCUT2D eigenvalue weighted by Crippen LogP contribution is 2.32. The molecule has 64 heavy (non-hydrogen) atoms. The zero-order valence-electron chi connectivity index (χ0n) is 36.9. The molecule has 4 aromatic rings. The number of carbonyl (C=O) groups is 4. The molecule has 1 aliphatic carbocycles. The Bertz CT molecular complexity index is 2380. The second kappa shape index (κ2) is 21.4. The minimum absolute atomic E-state index is 0.00187. The molecule has 0 bridgehead atoms. The van der Waals surface area contributed by atoms with Crippen molar-refractivity contribution in [3.05, 3.63) is 129 Å². The number of anilines is 2. The van der Waals surface area contributed by atoms with E-state index in [2.05, 4.69) is 22.8 Å². The van der Waals surface area contributed by atoms with Crippen LogP contribution in [0.1, 0.15) is 124 Å². The van der Waals surface area contributed by atoms with Gasteiger partial charge in [-0.3, -0.25) is 19.2 Å². The zero-order valence-corrected chi connectivity index (χ0v) is 36.9. The summed E-state index contributed by atoms with van der Waals surface area (Å²) >= 11 is 0. The van der Waals surface area contributed by atoms with Crippen LogP contribution >= 0.6 is 0 Å². The number of carbonyl (C=O) groups excluding carboxylic acids is 4. The van der Waals surface area contributed by atoms with Crippen molar-refractivity contribution in [3.8, 4) is 12.1 Å². The van der Waals surface area contributed by atoms with Crippen LogP contribution in [0.15, 0.2) is 84.9 Å². The summed E-state index contributed by atoms with van der Waals surface area (Å²) in [5.41, 5.74) is 8.08. The Hall–Kier alpha value is -6.34. The van der Waals surface area contributed by atoms with Gasteiger partial charge in [0.15, 0.2) is 0 Å². The third kappa shape index (κ3) is 11.2. The van der Waals surface area contributed by atoms with Gasteiger partial charge in [-0.15, -0.1) is 0 Å². The smallest absolute Gasteiger partial charge is 0.253 e. The maximum absolute atomic E-state index is 13.2. The van der Waals surface area contributed by atoms with E-state index in [-0.39, 0.29) is 29.5 Å². The minimum atomic E-state index is -0.596. The van der Waals surface area contributed by atoms with Gasteiger partial charge in [0.25, 0.3) is 11.8 Å². The van der Waals surface area contributed by atoms with Crippen LogP contribution in [0.25, 0.3) is 0 Å². The van der Waals surface area contributed by atoms with Crippen molar-refractivity contribution in [2.24, 2.45) is 11.8 Å². The van der Waals surface area contributed by atoms with Crippen molar-refractivity contribution in [3.63, 3.8) is 0 Å². The lowest BCUT2D eigenvalue weighted by atomic mass is 9.86. The molecule has 0 aromatic heterocycles. The van der Waals surface area contributed by atoms with Gasteiger partial charge in [0.05, 0.1) is 47.8 Å². The number of likely N-dealkylation sites (tertiary alicyclic amines) is 2. The summed E-state index contributed by atoms with van der Waals surface area (Å²) < 4.78 is 5.30. The molecule has 3 saturated heterocycles. The average molecular weight is 863 g/mol. The van der Waals surface area contributed by atoms with E-state index in [1.54, 1.807) is 12.1 Å². The largest absolute Gasteiger partial charge is 0.392 e. The molecular weight excluding hydrogens is 805 g/mol. The van der Waals surface area contributed by atoms with Gasteiger partial charge in [-0.1, -0.05) is 49.2 Å². The summed E-state index contributed by atoms with van der Waals surface area (Å²) in [6.45, 7) is 7.64. The summed E-state index contributed by atoms with van der Waals surface area (Å²) in [7, 11) is 0. The quantitative estimate of drug-likeness (QED) is 0.159. The number of nitriles is 2. The van der Waals surface area contributed by atoms with Crippen LogP contribution in [0.5, 0.6) is 0 Å². The molecule has 4 amide bonds. The van der Waals surface area contributed by atoms with Gasteiger partial charge in [0.2, 0.25) is 11.8 Å². The van der Waals surface area contributed by atoms with Gasteiger partial charge in [-0.25, -0.2) is 0 Å². The fraction of sp³-hybridized carbons (Fsp3) is 0.423. The van der Waals surface area contributed by atoms with Crippen molar-refractivity contribution in [1.29, 1.82) is 10.5 Å². The molecule has 4 fully saturated rings. The van der Waals surface area contributed by atoms with Gasteiger partial charge in [-0.05, 0) is 141 Å². The summed E-state index contributed by atoms with van der Waals surface area (Å²) in [5, 5.41) is 34.1. The van der Waals surface area contributed by atoms with Crippen LogP contribution in [0.4, 0.5) is 11.4 Å². The molecule has 0 spiro atoms. The number of rotatable bonds is 8. The summed E-state index contributed by atoms with van der Waals surface area (Å²) in [5.74, 6) is 0.0275. The fourth-order valence-electron chi connectivity index (χ4n) is 9.25. The number of benzene rings is 4. The van der Waals surface area contributed by atoms with E-state index in [9.17, 15) is 24.3 Å². The molecule has 8 rings (SSSR count). The molecule has 1 saturated carbocycles. The summed E-state index contributed by atoms with van der Waals surface area (Å²) in [4.78, 5) is 55.2. The lowest BCUT2D eigenvalue weighted by Gasteiger charge is -2.32. The molecule has 0 radical (unpaired) electrons. The minimum Gasteiger partial charge on any atom is -0.392 e. The second-order valence-electron chi connectivity index (χ2n) is 17.7. The van der Waals surface area contributed by atoms with Crippen LogP contribution < -0.4 is 10.6 Å². The Labute approximate surface area is 376 Å². The SMILES string of the molecule is Cc1ccc(C(=O)N2CCC(c3ccc(C#N)cc3)CC2)cc1NC(=O)C1CCCCC1O.Cc1ccc(C(=O)N2CCC(c3ccc(C#N)cc3)CC2)cc1NC(=O)C1CCOC1. The Morgan fingerprint density at radius 2 is 1.06 bits per heavy atom.